The normalized spacial score (nSPS) is 14.2. The Morgan fingerprint density at radius 1 is 0.950 bits per heavy atom. The number of nitrogens with zero attached hydrogens (tertiary/aromatic N) is 1. The lowest BCUT2D eigenvalue weighted by Crippen LogP contribution is -2.41. The first-order valence-corrected chi connectivity index (χ1v) is 12.7. The fourth-order valence-electron chi connectivity index (χ4n) is 5.02. The maximum absolute atomic E-state index is 13.5. The van der Waals surface area contributed by atoms with Crippen LogP contribution >= 0.6 is 0 Å². The van der Waals surface area contributed by atoms with E-state index in [1.165, 1.54) is 32.4 Å². The molecule has 10 nitrogen and oxygen atoms in total. The van der Waals surface area contributed by atoms with Gasteiger partial charge in [-0.05, 0) is 17.7 Å². The van der Waals surface area contributed by atoms with E-state index in [1.54, 1.807) is 29.2 Å². The van der Waals surface area contributed by atoms with E-state index in [4.69, 9.17) is 18.6 Å². The Balaban J connectivity index is 1.77. The minimum absolute atomic E-state index is 0.0605. The summed E-state index contributed by atoms with van der Waals surface area (Å²) in [5.74, 6) is -1.77. The van der Waals surface area contributed by atoms with Gasteiger partial charge < -0.3 is 38.8 Å². The van der Waals surface area contributed by atoms with Gasteiger partial charge in [0, 0.05) is 48.7 Å². The Hall–Kier alpha value is -4.70. The van der Waals surface area contributed by atoms with Crippen LogP contribution in [0.4, 0.5) is 0 Å². The fourth-order valence-corrected chi connectivity index (χ4v) is 5.02. The van der Waals surface area contributed by atoms with Crippen molar-refractivity contribution in [3.8, 4) is 40.1 Å². The van der Waals surface area contributed by atoms with Gasteiger partial charge in [-0.15, -0.1) is 0 Å². The number of ether oxygens (including phenoxy) is 3. The summed E-state index contributed by atoms with van der Waals surface area (Å²) in [6.07, 6.45) is -0.135. The van der Waals surface area contributed by atoms with Crippen molar-refractivity contribution >= 4 is 16.9 Å². The summed E-state index contributed by atoms with van der Waals surface area (Å²) in [7, 11) is 2.76. The summed E-state index contributed by atoms with van der Waals surface area (Å²) in [6, 6.07) is 14.3. The summed E-state index contributed by atoms with van der Waals surface area (Å²) in [4.78, 5) is 28.5. The molecule has 0 spiro atoms. The van der Waals surface area contributed by atoms with Gasteiger partial charge >= 0.3 is 0 Å². The van der Waals surface area contributed by atoms with Crippen LogP contribution in [0.2, 0.25) is 0 Å². The first kappa shape index (κ1) is 26.9. The van der Waals surface area contributed by atoms with Gasteiger partial charge in [-0.25, -0.2) is 0 Å². The van der Waals surface area contributed by atoms with Crippen LogP contribution in [-0.4, -0.2) is 66.6 Å². The zero-order valence-corrected chi connectivity index (χ0v) is 22.0. The Labute approximate surface area is 229 Å². The van der Waals surface area contributed by atoms with Crippen LogP contribution in [0.25, 0.3) is 22.3 Å². The molecule has 10 heteroatoms. The number of amides is 1. The zero-order valence-electron chi connectivity index (χ0n) is 22.0. The number of fused-ring (bicyclic) bond motifs is 1. The molecule has 40 heavy (non-hydrogen) atoms. The van der Waals surface area contributed by atoms with Crippen molar-refractivity contribution in [1.29, 1.82) is 0 Å². The number of carbonyl (C=O) groups excluding carboxylic acids is 1. The van der Waals surface area contributed by atoms with Crippen LogP contribution in [0.3, 0.4) is 0 Å². The lowest BCUT2D eigenvalue weighted by molar-refractivity contribution is -0.135. The average Bonchev–Trinajstić information content (AvgIpc) is 2.97. The number of hydrogen-bond donors (Lipinski definition) is 3. The van der Waals surface area contributed by atoms with E-state index in [-0.39, 0.29) is 57.6 Å². The highest BCUT2D eigenvalue weighted by Gasteiger charge is 2.31. The number of methoxy groups -OCH3 is 2. The molecule has 0 aliphatic carbocycles. The third kappa shape index (κ3) is 5.01. The largest absolute Gasteiger partial charge is 0.507 e. The Morgan fingerprint density at radius 2 is 1.60 bits per heavy atom. The number of benzene rings is 3. The standard InChI is InChI=1S/C30H29NO9/c1-37-24-12-18(13-25(38-2)29(24)36)19(14-26(35)31-8-10-39-11-9-31)27-20(32)15-21(33)28-22(34)16-23(40-30(27)28)17-6-4-3-5-7-17/h3-7,12-13,15-16,19,32-33,36H,8-11,14H2,1-2H3/t19-/m0/s1. The Bertz CT molecular complexity index is 1580. The Morgan fingerprint density at radius 3 is 2.23 bits per heavy atom. The molecule has 1 atom stereocenters. The SMILES string of the molecule is COc1cc([C@H](CC(=O)N2CCOCC2)c2c(O)cc(O)c3c(=O)cc(-c4ccccc4)oc23)cc(OC)c1O. The van der Waals surface area contributed by atoms with Gasteiger partial charge in [-0.1, -0.05) is 30.3 Å². The number of carbonyl (C=O) groups is 1. The molecule has 1 aromatic heterocycles. The minimum atomic E-state index is -0.893. The second-order valence-electron chi connectivity index (χ2n) is 9.40. The van der Waals surface area contributed by atoms with Crippen molar-refractivity contribution in [3.05, 3.63) is 75.9 Å². The summed E-state index contributed by atoms with van der Waals surface area (Å²) >= 11 is 0. The van der Waals surface area contributed by atoms with Crippen molar-refractivity contribution in [2.45, 2.75) is 12.3 Å². The van der Waals surface area contributed by atoms with Crippen molar-refractivity contribution in [2.75, 3.05) is 40.5 Å². The van der Waals surface area contributed by atoms with Crippen molar-refractivity contribution in [1.82, 2.24) is 4.90 Å². The van der Waals surface area contributed by atoms with Gasteiger partial charge in [-0.2, -0.15) is 0 Å². The molecule has 1 aliphatic heterocycles. The van der Waals surface area contributed by atoms with Gasteiger partial charge in [0.2, 0.25) is 11.7 Å². The topological polar surface area (TPSA) is 139 Å². The molecule has 5 rings (SSSR count). The second-order valence-corrected chi connectivity index (χ2v) is 9.40. The summed E-state index contributed by atoms with van der Waals surface area (Å²) in [5, 5.41) is 32.3. The minimum Gasteiger partial charge on any atom is -0.507 e. The number of rotatable bonds is 7. The van der Waals surface area contributed by atoms with E-state index >= 15 is 0 Å². The molecule has 2 heterocycles. The van der Waals surface area contributed by atoms with Gasteiger partial charge in [0.25, 0.3) is 0 Å². The van der Waals surface area contributed by atoms with E-state index in [9.17, 15) is 24.9 Å². The molecular formula is C30H29NO9. The van der Waals surface area contributed by atoms with E-state index in [1.807, 2.05) is 6.07 Å². The predicted octanol–water partition coefficient (Wildman–Crippen LogP) is 3.97. The van der Waals surface area contributed by atoms with E-state index in [0.29, 0.717) is 37.4 Å². The van der Waals surface area contributed by atoms with Gasteiger partial charge in [0.15, 0.2) is 16.9 Å². The summed E-state index contributed by atoms with van der Waals surface area (Å²) in [5.41, 5.74) is 0.610. The maximum Gasteiger partial charge on any atom is 0.223 e. The number of morpholine rings is 1. The maximum atomic E-state index is 13.5. The number of phenols is 3. The predicted molar refractivity (Wildman–Crippen MR) is 146 cm³/mol. The lowest BCUT2D eigenvalue weighted by atomic mass is 9.85. The highest BCUT2D eigenvalue weighted by molar-refractivity contribution is 5.91. The van der Waals surface area contributed by atoms with Crippen molar-refractivity contribution < 1.29 is 38.7 Å². The Kier molecular flexibility index (Phi) is 7.52. The van der Waals surface area contributed by atoms with Crippen molar-refractivity contribution in [3.63, 3.8) is 0 Å². The fraction of sp³-hybridized carbons (Fsp3) is 0.267. The molecule has 3 aromatic carbocycles. The molecule has 1 aliphatic rings. The third-order valence-corrected chi connectivity index (χ3v) is 7.05. The van der Waals surface area contributed by atoms with E-state index in [2.05, 4.69) is 0 Å². The second kappa shape index (κ2) is 11.2. The smallest absolute Gasteiger partial charge is 0.223 e. The molecule has 0 bridgehead atoms. The molecular weight excluding hydrogens is 518 g/mol. The van der Waals surface area contributed by atoms with Gasteiger partial charge in [0.1, 0.15) is 28.2 Å². The average molecular weight is 548 g/mol. The van der Waals surface area contributed by atoms with Crippen LogP contribution < -0.4 is 14.9 Å². The van der Waals surface area contributed by atoms with Crippen LogP contribution in [0.15, 0.2) is 63.8 Å². The summed E-state index contributed by atoms with van der Waals surface area (Å²) < 4.78 is 22.3. The first-order chi connectivity index (χ1) is 19.3. The highest BCUT2D eigenvalue weighted by Crippen LogP contribution is 2.46. The first-order valence-electron chi connectivity index (χ1n) is 12.7. The van der Waals surface area contributed by atoms with Gasteiger partial charge in [0.05, 0.1) is 27.4 Å². The quantitative estimate of drug-likeness (QED) is 0.314. The number of aromatic hydroxyl groups is 3. The monoisotopic (exact) mass is 547 g/mol. The zero-order chi connectivity index (χ0) is 28.4. The van der Waals surface area contributed by atoms with E-state index in [0.717, 1.165) is 6.07 Å². The molecule has 4 aromatic rings. The molecule has 3 N–H and O–H groups in total. The molecule has 1 saturated heterocycles. The van der Waals surface area contributed by atoms with Crippen LogP contribution in [0.5, 0.6) is 28.7 Å². The molecule has 0 radical (unpaired) electrons. The van der Waals surface area contributed by atoms with Crippen LogP contribution in [0.1, 0.15) is 23.5 Å². The molecule has 1 amide bonds. The third-order valence-electron chi connectivity index (χ3n) is 7.05. The molecule has 208 valence electrons. The molecule has 0 saturated carbocycles. The summed E-state index contributed by atoms with van der Waals surface area (Å²) in [6.45, 7) is 1.62. The lowest BCUT2D eigenvalue weighted by Gasteiger charge is -2.29. The van der Waals surface area contributed by atoms with Crippen molar-refractivity contribution in [2.24, 2.45) is 0 Å². The van der Waals surface area contributed by atoms with Crippen LogP contribution in [0, 0.1) is 0 Å². The molecule has 1 fully saturated rings. The van der Waals surface area contributed by atoms with Crippen LogP contribution in [-0.2, 0) is 9.53 Å². The molecule has 0 unspecified atom stereocenters. The number of hydrogen-bond acceptors (Lipinski definition) is 9. The van der Waals surface area contributed by atoms with Gasteiger partial charge in [-0.3, -0.25) is 9.59 Å². The number of phenolic OH excluding ortho intramolecular Hbond substituents is 3. The highest BCUT2D eigenvalue weighted by atomic mass is 16.5. The van der Waals surface area contributed by atoms with E-state index < -0.39 is 17.1 Å².